The Kier molecular flexibility index (Phi) is 18.3. The summed E-state index contributed by atoms with van der Waals surface area (Å²) in [5.74, 6) is -0.797. The van der Waals surface area contributed by atoms with Gasteiger partial charge in [-0.1, -0.05) is 96.8 Å². The fourth-order valence-electron chi connectivity index (χ4n) is 3.09. The van der Waals surface area contributed by atoms with Crippen molar-refractivity contribution in [3.63, 3.8) is 0 Å². The second-order valence-electron chi connectivity index (χ2n) is 7.52. The molecule has 0 aliphatic rings. The van der Waals surface area contributed by atoms with Crippen molar-refractivity contribution in [3.8, 4) is 0 Å². The van der Waals surface area contributed by atoms with E-state index in [1.807, 2.05) is 0 Å². The molecule has 0 radical (unpaired) electrons. The molecule has 0 aliphatic carbocycles. The first-order chi connectivity index (χ1) is 13.0. The molecule has 0 aromatic carbocycles. The first kappa shape index (κ1) is 26.4. The van der Waals surface area contributed by atoms with Crippen LogP contribution in [-0.4, -0.2) is 33.7 Å². The molecule has 0 spiro atoms. The number of unbranched alkanes of at least 4 members (excludes halogenated alkanes) is 14. The average molecular weight is 406 g/mol. The van der Waals surface area contributed by atoms with Crippen molar-refractivity contribution in [1.82, 2.24) is 5.32 Å². The highest BCUT2D eigenvalue weighted by atomic mass is 32.2. The predicted octanol–water partition coefficient (Wildman–Crippen LogP) is 5.34. The van der Waals surface area contributed by atoms with E-state index in [1.54, 1.807) is 7.05 Å². The fraction of sp³-hybridized carbons (Fsp3) is 0.952. The minimum Gasteiger partial charge on any atom is -0.346 e. The van der Waals surface area contributed by atoms with Gasteiger partial charge in [0, 0.05) is 13.0 Å². The molecule has 0 amide bonds. The zero-order valence-electron chi connectivity index (χ0n) is 17.8. The Balaban J connectivity index is 3.32. The highest BCUT2D eigenvalue weighted by Gasteiger charge is 2.15. The smallest absolute Gasteiger partial charge is 0.322 e. The van der Waals surface area contributed by atoms with E-state index in [2.05, 4.69) is 16.4 Å². The highest BCUT2D eigenvalue weighted by Crippen LogP contribution is 2.14. The molecule has 162 valence electrons. The standard InChI is InChI=1S/C21H43NO4S/c1-3-4-5-6-7-8-9-10-11-12-13-14-15-16-17-18-21(23)26-27(24,25)20-19-22-2/h22H,3-20H2,1-2H3. The third-order valence-corrected chi connectivity index (χ3v) is 5.95. The predicted molar refractivity (Wildman–Crippen MR) is 113 cm³/mol. The van der Waals surface area contributed by atoms with Gasteiger partial charge >= 0.3 is 16.1 Å². The van der Waals surface area contributed by atoms with Crippen LogP contribution in [0, 0.1) is 0 Å². The molecule has 0 atom stereocenters. The van der Waals surface area contributed by atoms with Gasteiger partial charge in [0.05, 0.1) is 5.75 Å². The maximum Gasteiger partial charge on any atom is 0.322 e. The van der Waals surface area contributed by atoms with E-state index in [0.29, 0.717) is 6.42 Å². The van der Waals surface area contributed by atoms with Crippen LogP contribution in [0.15, 0.2) is 0 Å². The fourth-order valence-corrected chi connectivity index (χ4v) is 4.00. The lowest BCUT2D eigenvalue weighted by atomic mass is 10.0. The molecule has 27 heavy (non-hydrogen) atoms. The van der Waals surface area contributed by atoms with Crippen LogP contribution in [0.3, 0.4) is 0 Å². The van der Waals surface area contributed by atoms with E-state index >= 15 is 0 Å². The number of hydrogen-bond acceptors (Lipinski definition) is 5. The van der Waals surface area contributed by atoms with E-state index in [1.165, 1.54) is 77.0 Å². The summed E-state index contributed by atoms with van der Waals surface area (Å²) < 4.78 is 27.5. The van der Waals surface area contributed by atoms with Crippen LogP contribution in [0.4, 0.5) is 0 Å². The van der Waals surface area contributed by atoms with Crippen molar-refractivity contribution in [2.75, 3.05) is 19.3 Å². The van der Waals surface area contributed by atoms with Gasteiger partial charge in [0.25, 0.3) is 0 Å². The van der Waals surface area contributed by atoms with E-state index in [0.717, 1.165) is 12.8 Å². The summed E-state index contributed by atoms with van der Waals surface area (Å²) in [7, 11) is -2.07. The van der Waals surface area contributed by atoms with E-state index in [4.69, 9.17) is 0 Å². The van der Waals surface area contributed by atoms with E-state index < -0.39 is 16.1 Å². The summed E-state index contributed by atoms with van der Waals surface area (Å²) in [6.45, 7) is 2.54. The number of carbonyl (C=O) groups excluding carboxylic acids is 1. The van der Waals surface area contributed by atoms with Crippen molar-refractivity contribution < 1.29 is 17.4 Å². The number of hydrogen-bond donors (Lipinski definition) is 1. The summed E-state index contributed by atoms with van der Waals surface area (Å²) in [5.41, 5.74) is 0. The molecule has 0 fully saturated rings. The topological polar surface area (TPSA) is 72.5 Å². The maximum atomic E-state index is 11.5. The van der Waals surface area contributed by atoms with Crippen LogP contribution in [-0.2, 0) is 19.1 Å². The van der Waals surface area contributed by atoms with Crippen LogP contribution in [0.5, 0.6) is 0 Å². The van der Waals surface area contributed by atoms with Gasteiger partial charge in [-0.05, 0) is 13.5 Å². The third kappa shape index (κ3) is 19.9. The SMILES string of the molecule is CCCCCCCCCCCCCCCCCC(=O)OS(=O)(=O)CCNC. The molecule has 1 N–H and O–H groups in total. The normalized spacial score (nSPS) is 11.6. The van der Waals surface area contributed by atoms with Crippen LogP contribution < -0.4 is 5.32 Å². The maximum absolute atomic E-state index is 11.5. The molecule has 0 aromatic rings. The Morgan fingerprint density at radius 2 is 1.15 bits per heavy atom. The van der Waals surface area contributed by atoms with Crippen LogP contribution in [0.25, 0.3) is 0 Å². The molecule has 6 heteroatoms. The summed E-state index contributed by atoms with van der Waals surface area (Å²) in [6.07, 6.45) is 19.1. The monoisotopic (exact) mass is 405 g/mol. The van der Waals surface area contributed by atoms with Gasteiger partial charge in [-0.2, -0.15) is 8.42 Å². The Morgan fingerprint density at radius 1 is 0.741 bits per heavy atom. The van der Waals surface area contributed by atoms with Crippen molar-refractivity contribution in [1.29, 1.82) is 0 Å². The first-order valence-corrected chi connectivity index (χ1v) is 12.7. The highest BCUT2D eigenvalue weighted by molar-refractivity contribution is 7.87. The molecule has 5 nitrogen and oxygen atoms in total. The lowest BCUT2D eigenvalue weighted by molar-refractivity contribution is -0.133. The molecular weight excluding hydrogens is 362 g/mol. The lowest BCUT2D eigenvalue weighted by Crippen LogP contribution is -2.23. The quantitative estimate of drug-likeness (QED) is 0.219. The summed E-state index contributed by atoms with van der Waals surface area (Å²) in [4.78, 5) is 11.5. The molecule has 0 heterocycles. The average Bonchev–Trinajstić information content (AvgIpc) is 2.63. The minimum atomic E-state index is -3.73. The Morgan fingerprint density at radius 3 is 1.56 bits per heavy atom. The third-order valence-electron chi connectivity index (χ3n) is 4.81. The zero-order valence-corrected chi connectivity index (χ0v) is 18.6. The number of nitrogens with one attached hydrogen (secondary N) is 1. The largest absolute Gasteiger partial charge is 0.346 e. The van der Waals surface area contributed by atoms with Gasteiger partial charge in [-0.25, -0.2) is 0 Å². The second-order valence-corrected chi connectivity index (χ2v) is 9.21. The molecule has 0 rings (SSSR count). The van der Waals surface area contributed by atoms with Gasteiger partial charge in [-0.3, -0.25) is 4.79 Å². The lowest BCUT2D eigenvalue weighted by Gasteiger charge is -2.05. The summed E-state index contributed by atoms with van der Waals surface area (Å²) >= 11 is 0. The Labute approximate surface area is 168 Å². The summed E-state index contributed by atoms with van der Waals surface area (Å²) in [6, 6.07) is 0. The molecule has 0 aromatic heterocycles. The van der Waals surface area contributed by atoms with Crippen molar-refractivity contribution in [2.45, 2.75) is 110 Å². The first-order valence-electron chi connectivity index (χ1n) is 11.1. The van der Waals surface area contributed by atoms with Gasteiger partial charge in [0.15, 0.2) is 0 Å². The van der Waals surface area contributed by atoms with Gasteiger partial charge in [0.1, 0.15) is 0 Å². The van der Waals surface area contributed by atoms with Crippen molar-refractivity contribution in [3.05, 3.63) is 0 Å². The van der Waals surface area contributed by atoms with Gasteiger partial charge < -0.3 is 9.50 Å². The molecule has 0 saturated carbocycles. The van der Waals surface area contributed by atoms with E-state index in [-0.39, 0.29) is 18.7 Å². The zero-order chi connectivity index (χ0) is 20.2. The minimum absolute atomic E-state index is 0.173. The van der Waals surface area contributed by atoms with Crippen LogP contribution in [0.2, 0.25) is 0 Å². The van der Waals surface area contributed by atoms with Gasteiger partial charge in [0.2, 0.25) is 0 Å². The van der Waals surface area contributed by atoms with Crippen LogP contribution >= 0.6 is 0 Å². The van der Waals surface area contributed by atoms with Crippen molar-refractivity contribution in [2.24, 2.45) is 0 Å². The molecule has 0 saturated heterocycles. The van der Waals surface area contributed by atoms with Gasteiger partial charge in [-0.15, -0.1) is 0 Å². The number of carbonyl (C=O) groups is 1. The molecule has 0 bridgehead atoms. The summed E-state index contributed by atoms with van der Waals surface area (Å²) in [5, 5.41) is 2.73. The molecular formula is C21H43NO4S. The molecule has 0 unspecified atom stereocenters. The Hall–Kier alpha value is -0.620. The molecule has 0 aliphatic heterocycles. The number of rotatable bonds is 20. The van der Waals surface area contributed by atoms with Crippen LogP contribution in [0.1, 0.15) is 110 Å². The second kappa shape index (κ2) is 18.7. The Bertz CT molecular complexity index is 437. The van der Waals surface area contributed by atoms with E-state index in [9.17, 15) is 13.2 Å². The van der Waals surface area contributed by atoms with Crippen molar-refractivity contribution >= 4 is 16.1 Å².